The Morgan fingerprint density at radius 3 is 2.78 bits per heavy atom. The second-order valence-corrected chi connectivity index (χ2v) is 6.65. The summed E-state index contributed by atoms with van der Waals surface area (Å²) in [6.45, 7) is 3.45. The lowest BCUT2D eigenvalue weighted by Gasteiger charge is -2.15. The maximum atomic E-state index is 8.80. The number of hydrogen-bond acceptors (Lipinski definition) is 6. The molecule has 27 heavy (non-hydrogen) atoms. The zero-order valence-corrected chi connectivity index (χ0v) is 15.5. The molecule has 5 N–H and O–H groups in total. The minimum absolute atomic E-state index is 0.0737. The average Bonchev–Trinajstić information content (AvgIpc) is 3.07. The molecule has 2 aromatic heterocycles. The lowest BCUT2D eigenvalue weighted by Crippen LogP contribution is -2.22. The molecule has 0 saturated carbocycles. The molecule has 1 atom stereocenters. The monoisotopic (exact) mass is 366 g/mol. The van der Waals surface area contributed by atoms with Crippen molar-refractivity contribution in [3.05, 3.63) is 42.9 Å². The molecule has 0 spiro atoms. The Balaban J connectivity index is 1.86. The van der Waals surface area contributed by atoms with Crippen molar-refractivity contribution in [3.8, 4) is 11.1 Å². The Kier molecular flexibility index (Phi) is 6.16. The normalized spacial score (nSPS) is 12.4. The van der Waals surface area contributed by atoms with Crippen LogP contribution in [0, 0.1) is 5.41 Å². The first-order chi connectivity index (χ1) is 13.1. The van der Waals surface area contributed by atoms with E-state index in [4.69, 9.17) is 16.2 Å². The molecule has 0 aliphatic heterocycles. The first kappa shape index (κ1) is 19.0. The van der Waals surface area contributed by atoms with Crippen molar-refractivity contribution < 1.29 is 5.11 Å². The Bertz CT molecular complexity index is 905. The summed E-state index contributed by atoms with van der Waals surface area (Å²) in [7, 11) is 0. The smallest absolute Gasteiger partial charge is 0.146 e. The Morgan fingerprint density at radius 2 is 2.04 bits per heavy atom. The number of nitrogens with one attached hydrogen (secondary N) is 2. The second kappa shape index (κ2) is 8.75. The Hall–Kier alpha value is -2.77. The molecule has 0 bridgehead atoms. The molecule has 3 aromatic rings. The van der Waals surface area contributed by atoms with Crippen molar-refractivity contribution in [2.45, 2.75) is 25.8 Å². The van der Waals surface area contributed by atoms with Gasteiger partial charge >= 0.3 is 0 Å². The van der Waals surface area contributed by atoms with Gasteiger partial charge in [-0.2, -0.15) is 0 Å². The molecule has 0 fully saturated rings. The molecule has 7 heteroatoms. The number of rotatable bonds is 9. The number of nitrogens with two attached hydrogens (primary N) is 1. The molecular weight excluding hydrogens is 340 g/mol. The van der Waals surface area contributed by atoms with Crippen LogP contribution in [0.1, 0.15) is 25.8 Å². The molecular formula is C20H26N6O. The van der Waals surface area contributed by atoms with Crippen LogP contribution in [0.2, 0.25) is 0 Å². The third kappa shape index (κ3) is 4.32. The summed E-state index contributed by atoms with van der Waals surface area (Å²) in [4.78, 5) is 8.63. The number of aliphatic hydroxyl groups is 1. The predicted molar refractivity (Wildman–Crippen MR) is 109 cm³/mol. The number of nitrogens with zero attached hydrogens (tertiary/aromatic N) is 3. The number of aliphatic hydroxyl groups excluding tert-OH is 1. The number of fused-ring (bicyclic) bond motifs is 1. The average molecular weight is 366 g/mol. The van der Waals surface area contributed by atoms with Crippen molar-refractivity contribution in [1.82, 2.24) is 19.9 Å². The van der Waals surface area contributed by atoms with Gasteiger partial charge in [0.05, 0.1) is 12.0 Å². The maximum Gasteiger partial charge on any atom is 0.146 e. The van der Waals surface area contributed by atoms with E-state index in [1.165, 1.54) is 6.33 Å². The minimum Gasteiger partial charge on any atom is -0.395 e. The van der Waals surface area contributed by atoms with E-state index in [1.807, 2.05) is 30.3 Å². The molecule has 0 aliphatic rings. The Labute approximate surface area is 158 Å². The summed E-state index contributed by atoms with van der Waals surface area (Å²) in [6.07, 6.45) is 4.84. The molecule has 0 aliphatic carbocycles. The lowest BCUT2D eigenvalue weighted by molar-refractivity contribution is 0.293. The van der Waals surface area contributed by atoms with Gasteiger partial charge in [-0.3, -0.25) is 0 Å². The van der Waals surface area contributed by atoms with E-state index in [9.17, 15) is 0 Å². The maximum absolute atomic E-state index is 8.80. The molecule has 0 radical (unpaired) electrons. The molecule has 1 unspecified atom stereocenters. The molecule has 3 rings (SSSR count). The van der Waals surface area contributed by atoms with Gasteiger partial charge in [-0.25, -0.2) is 9.97 Å². The number of aromatic nitrogens is 3. The van der Waals surface area contributed by atoms with E-state index in [1.54, 1.807) is 0 Å². The third-order valence-electron chi connectivity index (χ3n) is 4.63. The molecule has 2 heterocycles. The van der Waals surface area contributed by atoms with E-state index < -0.39 is 0 Å². The highest BCUT2D eigenvalue weighted by atomic mass is 16.3. The molecule has 0 saturated heterocycles. The second-order valence-electron chi connectivity index (χ2n) is 6.65. The molecule has 142 valence electrons. The van der Waals surface area contributed by atoms with Crippen LogP contribution < -0.4 is 11.1 Å². The van der Waals surface area contributed by atoms with E-state index in [0.29, 0.717) is 37.5 Å². The molecule has 1 aromatic carbocycles. The Morgan fingerprint density at radius 1 is 1.26 bits per heavy atom. The van der Waals surface area contributed by atoms with Crippen molar-refractivity contribution >= 4 is 22.6 Å². The highest BCUT2D eigenvalue weighted by Crippen LogP contribution is 2.34. The number of benzene rings is 1. The van der Waals surface area contributed by atoms with Crippen LogP contribution in [-0.4, -0.2) is 45.0 Å². The van der Waals surface area contributed by atoms with Crippen LogP contribution in [0.4, 0.5) is 5.82 Å². The first-order valence-electron chi connectivity index (χ1n) is 9.16. The van der Waals surface area contributed by atoms with Gasteiger partial charge in [0.1, 0.15) is 17.8 Å². The fraction of sp³-hybridized carbons (Fsp3) is 0.350. The van der Waals surface area contributed by atoms with Gasteiger partial charge in [0, 0.05) is 43.0 Å². The van der Waals surface area contributed by atoms with Crippen molar-refractivity contribution in [1.29, 1.82) is 5.41 Å². The van der Waals surface area contributed by atoms with Crippen molar-refractivity contribution in [2.24, 2.45) is 0 Å². The third-order valence-corrected chi connectivity index (χ3v) is 4.63. The van der Waals surface area contributed by atoms with E-state index in [2.05, 4.69) is 33.0 Å². The number of hydrogen-bond donors (Lipinski definition) is 4. The van der Waals surface area contributed by atoms with Crippen LogP contribution in [-0.2, 0) is 0 Å². The number of anilines is 1. The van der Waals surface area contributed by atoms with Crippen molar-refractivity contribution in [2.75, 3.05) is 25.4 Å². The van der Waals surface area contributed by atoms with Gasteiger partial charge < -0.3 is 26.1 Å². The van der Waals surface area contributed by atoms with Gasteiger partial charge in [0.2, 0.25) is 0 Å². The topological polar surface area (TPSA) is 113 Å². The molecule has 7 nitrogen and oxygen atoms in total. The highest BCUT2D eigenvalue weighted by molar-refractivity contribution is 6.00. The van der Waals surface area contributed by atoms with E-state index in [-0.39, 0.29) is 12.6 Å². The predicted octanol–water partition coefficient (Wildman–Crippen LogP) is 2.62. The highest BCUT2D eigenvalue weighted by Gasteiger charge is 2.18. The van der Waals surface area contributed by atoms with Crippen LogP contribution in [0.3, 0.4) is 0 Å². The standard InChI is InChI=1S/C20H26N6O/c1-14(11-16(21)7-8-23-9-10-27)26-12-17(15-5-3-2-4-6-15)18-19(22)24-13-25-20(18)26/h2-6,12-14,21,23,27H,7-11H2,1H3,(H2,22,24,25). The van der Waals surface area contributed by atoms with Gasteiger partial charge in [0.15, 0.2) is 0 Å². The van der Waals surface area contributed by atoms with Crippen LogP contribution >= 0.6 is 0 Å². The van der Waals surface area contributed by atoms with Gasteiger partial charge in [-0.05, 0) is 18.9 Å². The summed E-state index contributed by atoms with van der Waals surface area (Å²) >= 11 is 0. The minimum atomic E-state index is 0.0737. The van der Waals surface area contributed by atoms with E-state index in [0.717, 1.165) is 22.2 Å². The SMILES string of the molecule is CC(CC(=N)CCNCCO)n1cc(-c2ccccc2)c2c(N)ncnc21. The van der Waals surface area contributed by atoms with Gasteiger partial charge in [-0.15, -0.1) is 0 Å². The van der Waals surface area contributed by atoms with Crippen LogP contribution in [0.25, 0.3) is 22.2 Å². The summed E-state index contributed by atoms with van der Waals surface area (Å²) in [5.74, 6) is 0.466. The van der Waals surface area contributed by atoms with Gasteiger partial charge in [0.25, 0.3) is 0 Å². The van der Waals surface area contributed by atoms with Crippen molar-refractivity contribution in [3.63, 3.8) is 0 Å². The fourth-order valence-electron chi connectivity index (χ4n) is 3.28. The number of nitrogen functional groups attached to an aromatic ring is 1. The summed E-state index contributed by atoms with van der Waals surface area (Å²) < 4.78 is 2.09. The zero-order chi connectivity index (χ0) is 19.2. The summed E-state index contributed by atoms with van der Waals surface area (Å²) in [5.41, 5.74) is 9.70. The zero-order valence-electron chi connectivity index (χ0n) is 15.5. The lowest BCUT2D eigenvalue weighted by atomic mass is 10.1. The summed E-state index contributed by atoms with van der Waals surface area (Å²) in [6, 6.07) is 10.1. The fourth-order valence-corrected chi connectivity index (χ4v) is 3.28. The quantitative estimate of drug-likeness (QED) is 0.343. The summed E-state index contributed by atoms with van der Waals surface area (Å²) in [5, 5.41) is 21.0. The van der Waals surface area contributed by atoms with E-state index >= 15 is 0 Å². The largest absolute Gasteiger partial charge is 0.395 e. The molecule has 0 amide bonds. The van der Waals surface area contributed by atoms with Crippen LogP contribution in [0.15, 0.2) is 42.9 Å². The van der Waals surface area contributed by atoms with Crippen LogP contribution in [0.5, 0.6) is 0 Å². The van der Waals surface area contributed by atoms with Gasteiger partial charge in [-0.1, -0.05) is 30.3 Å². The first-order valence-corrected chi connectivity index (χ1v) is 9.16.